The lowest BCUT2D eigenvalue weighted by Crippen LogP contribution is -1.98. The van der Waals surface area contributed by atoms with Crippen molar-refractivity contribution in [1.82, 2.24) is 9.55 Å². The molecule has 1 aromatic heterocycles. The summed E-state index contributed by atoms with van der Waals surface area (Å²) in [6.45, 7) is 1.03. The Morgan fingerprint density at radius 3 is 2.78 bits per heavy atom. The summed E-state index contributed by atoms with van der Waals surface area (Å²) in [5, 5.41) is 0. The number of aryl methyl sites for hydroxylation is 1. The van der Waals surface area contributed by atoms with Crippen LogP contribution in [0.15, 0.2) is 24.3 Å². The zero-order chi connectivity index (χ0) is 12.8. The third kappa shape index (κ3) is 3.39. The number of fused-ring (bicyclic) bond motifs is 1. The van der Waals surface area contributed by atoms with Gasteiger partial charge in [0.05, 0.1) is 11.0 Å². The van der Waals surface area contributed by atoms with Gasteiger partial charge in [-0.3, -0.25) is 0 Å². The number of nitrogens with zero attached hydrogens (tertiary/aromatic N) is 1. The fourth-order valence-corrected chi connectivity index (χ4v) is 2.99. The molecule has 0 aliphatic heterocycles. The van der Waals surface area contributed by atoms with Gasteiger partial charge in [0, 0.05) is 6.54 Å². The molecule has 0 spiro atoms. The lowest BCUT2D eigenvalue weighted by atomic mass is 10.2. The van der Waals surface area contributed by atoms with Crippen molar-refractivity contribution in [3.8, 4) is 0 Å². The number of unbranched alkanes of at least 4 members (excludes halogenated alkanes) is 3. The third-order valence-corrected chi connectivity index (χ3v) is 4.18. The van der Waals surface area contributed by atoms with Crippen molar-refractivity contribution in [2.75, 3.05) is 12.0 Å². The number of thioether (sulfide) groups is 1. The molecule has 0 radical (unpaired) electrons. The smallest absolute Gasteiger partial charge is 0.178 e. The van der Waals surface area contributed by atoms with Crippen LogP contribution in [0.3, 0.4) is 0 Å². The summed E-state index contributed by atoms with van der Waals surface area (Å²) in [4.78, 5) is 3.26. The molecule has 0 bridgehead atoms. The number of nitrogens with one attached hydrogen (secondary N) is 1. The first kappa shape index (κ1) is 13.7. The minimum Gasteiger partial charge on any atom is -0.331 e. The normalized spacial score (nSPS) is 11.2. The molecular formula is C14H20N2S2. The summed E-state index contributed by atoms with van der Waals surface area (Å²) in [6.07, 6.45) is 7.34. The highest BCUT2D eigenvalue weighted by atomic mass is 32.2. The predicted octanol–water partition coefficient (Wildman–Crippen LogP) is 4.62. The highest BCUT2D eigenvalue weighted by Gasteiger charge is 2.02. The zero-order valence-electron chi connectivity index (χ0n) is 10.8. The van der Waals surface area contributed by atoms with Crippen LogP contribution < -0.4 is 0 Å². The molecule has 0 aliphatic carbocycles. The van der Waals surface area contributed by atoms with Crippen LogP contribution in [0.25, 0.3) is 11.0 Å². The predicted molar refractivity (Wildman–Crippen MR) is 84.0 cm³/mol. The Morgan fingerprint density at radius 2 is 1.94 bits per heavy atom. The maximum atomic E-state index is 5.38. The molecule has 2 rings (SSSR count). The second-order valence-electron chi connectivity index (χ2n) is 4.51. The first-order valence-corrected chi connectivity index (χ1v) is 8.29. The van der Waals surface area contributed by atoms with Gasteiger partial charge in [-0.1, -0.05) is 25.0 Å². The Bertz CT molecular complexity index is 542. The number of para-hydroxylation sites is 2. The molecule has 0 saturated carbocycles. The molecule has 0 atom stereocenters. The molecule has 4 heteroatoms. The fourth-order valence-electron chi connectivity index (χ4n) is 2.20. The quantitative estimate of drug-likeness (QED) is 0.590. The number of aromatic amines is 1. The molecular weight excluding hydrogens is 260 g/mol. The van der Waals surface area contributed by atoms with Crippen molar-refractivity contribution < 1.29 is 0 Å². The summed E-state index contributed by atoms with van der Waals surface area (Å²) >= 11 is 7.31. The Hall–Kier alpha value is -0.740. The average Bonchev–Trinajstić information content (AvgIpc) is 2.70. The monoisotopic (exact) mass is 280 g/mol. The van der Waals surface area contributed by atoms with E-state index in [1.54, 1.807) is 0 Å². The molecule has 0 fully saturated rings. The zero-order valence-corrected chi connectivity index (χ0v) is 12.4. The molecule has 0 saturated heterocycles. The van der Waals surface area contributed by atoms with E-state index in [0.717, 1.165) is 16.8 Å². The Kier molecular flexibility index (Phi) is 5.32. The summed E-state index contributed by atoms with van der Waals surface area (Å²) in [7, 11) is 0. The van der Waals surface area contributed by atoms with Crippen molar-refractivity contribution in [2.45, 2.75) is 32.2 Å². The maximum Gasteiger partial charge on any atom is 0.178 e. The molecule has 0 unspecified atom stereocenters. The van der Waals surface area contributed by atoms with Gasteiger partial charge < -0.3 is 9.55 Å². The number of hydrogen-bond donors (Lipinski definition) is 1. The van der Waals surface area contributed by atoms with E-state index in [4.69, 9.17) is 12.2 Å². The van der Waals surface area contributed by atoms with E-state index in [1.807, 2.05) is 17.8 Å². The Labute approximate surface area is 118 Å². The Morgan fingerprint density at radius 1 is 1.17 bits per heavy atom. The summed E-state index contributed by atoms with van der Waals surface area (Å²) < 4.78 is 3.07. The minimum absolute atomic E-state index is 0.848. The van der Waals surface area contributed by atoms with E-state index in [-0.39, 0.29) is 0 Å². The number of hydrogen-bond acceptors (Lipinski definition) is 2. The van der Waals surface area contributed by atoms with E-state index in [9.17, 15) is 0 Å². The molecule has 1 heterocycles. The van der Waals surface area contributed by atoms with Crippen LogP contribution in [0.2, 0.25) is 0 Å². The second kappa shape index (κ2) is 7.00. The van der Waals surface area contributed by atoms with E-state index in [2.05, 4.69) is 34.0 Å². The van der Waals surface area contributed by atoms with Crippen LogP contribution in [-0.4, -0.2) is 21.6 Å². The second-order valence-corrected chi connectivity index (χ2v) is 5.88. The van der Waals surface area contributed by atoms with E-state index in [1.165, 1.54) is 37.0 Å². The molecule has 1 N–H and O–H groups in total. The summed E-state index contributed by atoms with van der Waals surface area (Å²) in [5.74, 6) is 1.28. The molecule has 98 valence electrons. The van der Waals surface area contributed by atoms with Gasteiger partial charge in [0.2, 0.25) is 0 Å². The molecule has 0 amide bonds. The van der Waals surface area contributed by atoms with Gasteiger partial charge in [0.15, 0.2) is 4.77 Å². The average molecular weight is 280 g/mol. The van der Waals surface area contributed by atoms with Gasteiger partial charge in [-0.25, -0.2) is 0 Å². The van der Waals surface area contributed by atoms with Gasteiger partial charge in [-0.05, 0) is 49.2 Å². The molecule has 0 aliphatic rings. The minimum atomic E-state index is 0.848. The Balaban J connectivity index is 1.91. The van der Waals surface area contributed by atoms with Crippen molar-refractivity contribution >= 4 is 35.0 Å². The number of imidazole rings is 1. The van der Waals surface area contributed by atoms with Gasteiger partial charge in [0.25, 0.3) is 0 Å². The van der Waals surface area contributed by atoms with Gasteiger partial charge in [-0.15, -0.1) is 0 Å². The standard InChI is InChI=1S/C14H20N2S2/c1-18-11-7-3-2-6-10-16-13-9-5-4-8-12(13)15-14(16)17/h4-5,8-9H,2-3,6-7,10-11H2,1H3,(H,15,17). The molecule has 18 heavy (non-hydrogen) atoms. The van der Waals surface area contributed by atoms with Crippen LogP contribution >= 0.6 is 24.0 Å². The van der Waals surface area contributed by atoms with Crippen molar-refractivity contribution in [3.05, 3.63) is 29.0 Å². The topological polar surface area (TPSA) is 20.7 Å². The summed E-state index contributed by atoms with van der Waals surface area (Å²) in [6, 6.07) is 8.33. The van der Waals surface area contributed by atoms with Crippen LogP contribution in [0.4, 0.5) is 0 Å². The van der Waals surface area contributed by atoms with Crippen LogP contribution in [0.1, 0.15) is 25.7 Å². The van der Waals surface area contributed by atoms with E-state index < -0.39 is 0 Å². The van der Waals surface area contributed by atoms with Gasteiger partial charge >= 0.3 is 0 Å². The maximum absolute atomic E-state index is 5.38. The fraction of sp³-hybridized carbons (Fsp3) is 0.500. The number of benzene rings is 1. The highest BCUT2D eigenvalue weighted by Crippen LogP contribution is 2.15. The SMILES string of the molecule is CSCCCCCCn1c(=S)[nH]c2ccccc21. The number of aromatic nitrogens is 2. The molecule has 1 aromatic carbocycles. The van der Waals surface area contributed by atoms with Crippen LogP contribution in [0.5, 0.6) is 0 Å². The number of H-pyrrole nitrogens is 1. The molecule has 2 nitrogen and oxygen atoms in total. The molecule has 2 aromatic rings. The number of rotatable bonds is 7. The van der Waals surface area contributed by atoms with Crippen molar-refractivity contribution in [3.63, 3.8) is 0 Å². The van der Waals surface area contributed by atoms with Crippen molar-refractivity contribution in [1.29, 1.82) is 0 Å². The van der Waals surface area contributed by atoms with Crippen LogP contribution in [0, 0.1) is 4.77 Å². The lowest BCUT2D eigenvalue weighted by molar-refractivity contribution is 0.589. The first-order valence-electron chi connectivity index (χ1n) is 6.49. The summed E-state index contributed by atoms with van der Waals surface area (Å²) in [5.41, 5.74) is 2.37. The van der Waals surface area contributed by atoms with Crippen LogP contribution in [-0.2, 0) is 6.54 Å². The van der Waals surface area contributed by atoms with Gasteiger partial charge in [0.1, 0.15) is 0 Å². The van der Waals surface area contributed by atoms with Crippen molar-refractivity contribution in [2.24, 2.45) is 0 Å². The largest absolute Gasteiger partial charge is 0.331 e. The van der Waals surface area contributed by atoms with Gasteiger partial charge in [-0.2, -0.15) is 11.8 Å². The highest BCUT2D eigenvalue weighted by molar-refractivity contribution is 7.98. The van der Waals surface area contributed by atoms with E-state index >= 15 is 0 Å². The first-order chi connectivity index (χ1) is 8.83. The third-order valence-electron chi connectivity index (χ3n) is 3.16. The van der Waals surface area contributed by atoms with E-state index in [0.29, 0.717) is 0 Å². The lowest BCUT2D eigenvalue weighted by Gasteiger charge is -2.04.